The highest BCUT2D eigenvalue weighted by Gasteiger charge is 2.29. The third-order valence-corrected chi connectivity index (χ3v) is 3.72. The van der Waals surface area contributed by atoms with Gasteiger partial charge in [0.15, 0.2) is 0 Å². The van der Waals surface area contributed by atoms with Crippen LogP contribution in [0.1, 0.15) is 25.3 Å². The zero-order valence-electron chi connectivity index (χ0n) is 11.3. The molecule has 1 heterocycles. The molecule has 2 N–H and O–H groups in total. The minimum absolute atomic E-state index is 0.0664. The quantitative estimate of drug-likeness (QED) is 0.866. The number of likely N-dealkylation sites (N-methyl/N-ethyl adjacent to an activating group) is 1. The molecule has 3 heteroatoms. The molecule has 0 radical (unpaired) electrons. The van der Waals surface area contributed by atoms with E-state index in [1.807, 2.05) is 0 Å². The third kappa shape index (κ3) is 3.80. The van der Waals surface area contributed by atoms with E-state index in [1.54, 1.807) is 0 Å². The second-order valence-corrected chi connectivity index (χ2v) is 5.26. The Labute approximate surface area is 110 Å². The Bertz CT molecular complexity index is 347. The molecule has 1 aliphatic rings. The van der Waals surface area contributed by atoms with Gasteiger partial charge in [-0.15, -0.1) is 0 Å². The van der Waals surface area contributed by atoms with Gasteiger partial charge in [0.2, 0.25) is 0 Å². The maximum absolute atomic E-state index is 6.47. The van der Waals surface area contributed by atoms with E-state index in [2.05, 4.69) is 42.2 Å². The predicted octanol–water partition coefficient (Wildman–Crippen LogP) is 2.02. The van der Waals surface area contributed by atoms with Crippen LogP contribution in [0.3, 0.4) is 0 Å². The molecule has 0 spiro atoms. The van der Waals surface area contributed by atoms with E-state index in [4.69, 9.17) is 10.5 Å². The molecular weight excluding hydrogens is 224 g/mol. The molecule has 1 aromatic rings. The zero-order valence-corrected chi connectivity index (χ0v) is 11.3. The van der Waals surface area contributed by atoms with Crippen molar-refractivity contribution in [3.8, 4) is 0 Å². The average Bonchev–Trinajstić information content (AvgIpc) is 2.40. The lowest BCUT2D eigenvalue weighted by atomic mass is 9.90. The first-order valence-corrected chi connectivity index (χ1v) is 6.85. The second-order valence-electron chi connectivity index (χ2n) is 5.26. The SMILES string of the molecule is CCN(Cc1ccccc1)CC1(N)CCOCC1. The fraction of sp³-hybridized carbons (Fsp3) is 0.600. The monoisotopic (exact) mass is 248 g/mol. The van der Waals surface area contributed by atoms with Crippen LogP contribution < -0.4 is 5.73 Å². The first kappa shape index (κ1) is 13.5. The Morgan fingerprint density at radius 3 is 2.50 bits per heavy atom. The van der Waals surface area contributed by atoms with Crippen LogP contribution in [0.15, 0.2) is 30.3 Å². The predicted molar refractivity (Wildman–Crippen MR) is 74.4 cm³/mol. The molecule has 1 fully saturated rings. The van der Waals surface area contributed by atoms with Crippen LogP contribution in [0.25, 0.3) is 0 Å². The van der Waals surface area contributed by atoms with Crippen molar-refractivity contribution in [2.75, 3.05) is 26.3 Å². The van der Waals surface area contributed by atoms with Gasteiger partial charge in [0.05, 0.1) is 0 Å². The summed E-state index contributed by atoms with van der Waals surface area (Å²) >= 11 is 0. The zero-order chi connectivity index (χ0) is 12.8. The van der Waals surface area contributed by atoms with Gasteiger partial charge in [-0.2, -0.15) is 0 Å². The van der Waals surface area contributed by atoms with Gasteiger partial charge in [-0.1, -0.05) is 37.3 Å². The number of ether oxygens (including phenoxy) is 1. The van der Waals surface area contributed by atoms with Gasteiger partial charge in [0.25, 0.3) is 0 Å². The second kappa shape index (κ2) is 6.32. The van der Waals surface area contributed by atoms with E-state index in [9.17, 15) is 0 Å². The van der Waals surface area contributed by atoms with Crippen molar-refractivity contribution in [1.82, 2.24) is 4.90 Å². The molecule has 0 saturated carbocycles. The van der Waals surface area contributed by atoms with Crippen LogP contribution in [0, 0.1) is 0 Å². The number of rotatable bonds is 5. The van der Waals surface area contributed by atoms with E-state index in [0.29, 0.717) is 0 Å². The highest BCUT2D eigenvalue weighted by Crippen LogP contribution is 2.20. The fourth-order valence-corrected chi connectivity index (χ4v) is 2.50. The molecule has 1 aromatic carbocycles. The highest BCUT2D eigenvalue weighted by atomic mass is 16.5. The number of nitrogens with two attached hydrogens (primary N) is 1. The molecule has 2 rings (SSSR count). The number of hydrogen-bond acceptors (Lipinski definition) is 3. The van der Waals surface area contributed by atoms with Crippen molar-refractivity contribution in [2.24, 2.45) is 5.73 Å². The van der Waals surface area contributed by atoms with E-state index in [-0.39, 0.29) is 5.54 Å². The first-order chi connectivity index (χ1) is 8.72. The van der Waals surface area contributed by atoms with E-state index in [1.165, 1.54) is 5.56 Å². The summed E-state index contributed by atoms with van der Waals surface area (Å²) in [6.45, 7) is 6.79. The molecule has 0 unspecified atom stereocenters. The Hall–Kier alpha value is -0.900. The van der Waals surface area contributed by atoms with Crippen LogP contribution in [0.2, 0.25) is 0 Å². The van der Waals surface area contributed by atoms with Gasteiger partial charge in [-0.05, 0) is 24.9 Å². The summed E-state index contributed by atoms with van der Waals surface area (Å²) in [4.78, 5) is 2.43. The first-order valence-electron chi connectivity index (χ1n) is 6.85. The lowest BCUT2D eigenvalue weighted by molar-refractivity contribution is 0.0372. The largest absolute Gasteiger partial charge is 0.381 e. The van der Waals surface area contributed by atoms with Gasteiger partial charge in [0.1, 0.15) is 0 Å². The van der Waals surface area contributed by atoms with E-state index >= 15 is 0 Å². The van der Waals surface area contributed by atoms with Crippen LogP contribution >= 0.6 is 0 Å². The van der Waals surface area contributed by atoms with Crippen molar-refractivity contribution in [3.05, 3.63) is 35.9 Å². The molecule has 0 atom stereocenters. The Morgan fingerprint density at radius 1 is 1.22 bits per heavy atom. The lowest BCUT2D eigenvalue weighted by Gasteiger charge is -2.37. The van der Waals surface area contributed by atoms with Crippen LogP contribution in [-0.2, 0) is 11.3 Å². The molecule has 0 aromatic heterocycles. The molecule has 18 heavy (non-hydrogen) atoms. The summed E-state index contributed by atoms with van der Waals surface area (Å²) in [5.41, 5.74) is 7.76. The van der Waals surface area contributed by atoms with Crippen molar-refractivity contribution in [3.63, 3.8) is 0 Å². The lowest BCUT2D eigenvalue weighted by Crippen LogP contribution is -2.53. The number of nitrogens with zero attached hydrogens (tertiary/aromatic N) is 1. The Balaban J connectivity index is 1.92. The summed E-state index contributed by atoms with van der Waals surface area (Å²) in [5.74, 6) is 0. The molecule has 100 valence electrons. The van der Waals surface area contributed by atoms with Crippen LogP contribution in [0.5, 0.6) is 0 Å². The molecule has 0 amide bonds. The van der Waals surface area contributed by atoms with Crippen molar-refractivity contribution in [1.29, 1.82) is 0 Å². The minimum atomic E-state index is -0.0664. The summed E-state index contributed by atoms with van der Waals surface area (Å²) in [6, 6.07) is 10.6. The van der Waals surface area contributed by atoms with Gasteiger partial charge < -0.3 is 10.5 Å². The number of hydrogen-bond donors (Lipinski definition) is 1. The van der Waals surface area contributed by atoms with E-state index in [0.717, 1.165) is 45.7 Å². The summed E-state index contributed by atoms with van der Waals surface area (Å²) in [7, 11) is 0. The van der Waals surface area contributed by atoms with Crippen molar-refractivity contribution < 1.29 is 4.74 Å². The Morgan fingerprint density at radius 2 is 1.89 bits per heavy atom. The summed E-state index contributed by atoms with van der Waals surface area (Å²) < 4.78 is 5.40. The van der Waals surface area contributed by atoms with Gasteiger partial charge in [-0.25, -0.2) is 0 Å². The molecule has 0 aliphatic carbocycles. The van der Waals surface area contributed by atoms with Crippen LogP contribution in [-0.4, -0.2) is 36.7 Å². The number of benzene rings is 1. The Kier molecular flexibility index (Phi) is 4.75. The van der Waals surface area contributed by atoms with Gasteiger partial charge >= 0.3 is 0 Å². The minimum Gasteiger partial charge on any atom is -0.381 e. The van der Waals surface area contributed by atoms with E-state index < -0.39 is 0 Å². The molecule has 1 aliphatic heterocycles. The standard InChI is InChI=1S/C15H24N2O/c1-2-17(12-14-6-4-3-5-7-14)13-15(16)8-10-18-11-9-15/h3-7H,2,8-13,16H2,1H3. The smallest absolute Gasteiger partial charge is 0.0484 e. The topological polar surface area (TPSA) is 38.5 Å². The normalized spacial score (nSPS) is 19.1. The summed E-state index contributed by atoms with van der Waals surface area (Å²) in [6.07, 6.45) is 1.94. The highest BCUT2D eigenvalue weighted by molar-refractivity contribution is 5.14. The fourth-order valence-electron chi connectivity index (χ4n) is 2.50. The van der Waals surface area contributed by atoms with Crippen molar-refractivity contribution in [2.45, 2.75) is 31.8 Å². The van der Waals surface area contributed by atoms with Crippen LogP contribution in [0.4, 0.5) is 0 Å². The molecule has 3 nitrogen and oxygen atoms in total. The average molecular weight is 248 g/mol. The van der Waals surface area contributed by atoms with Gasteiger partial charge in [0, 0.05) is 31.8 Å². The molecular formula is C15H24N2O. The molecule has 1 saturated heterocycles. The molecule has 0 bridgehead atoms. The van der Waals surface area contributed by atoms with Crippen molar-refractivity contribution >= 4 is 0 Å². The van der Waals surface area contributed by atoms with Gasteiger partial charge in [-0.3, -0.25) is 4.90 Å². The maximum Gasteiger partial charge on any atom is 0.0484 e. The third-order valence-electron chi connectivity index (χ3n) is 3.72. The maximum atomic E-state index is 6.47. The summed E-state index contributed by atoms with van der Waals surface area (Å²) in [5, 5.41) is 0.